The largest absolute Gasteiger partial charge is 0.381 e. The van der Waals surface area contributed by atoms with Crippen LogP contribution in [0.25, 0.3) is 10.9 Å². The molecule has 8 heteroatoms. The van der Waals surface area contributed by atoms with Gasteiger partial charge in [0.15, 0.2) is 5.82 Å². The van der Waals surface area contributed by atoms with Gasteiger partial charge in [-0.3, -0.25) is 19.4 Å². The molecule has 144 valence electrons. The normalized spacial score (nSPS) is 20.2. The molecule has 4 heterocycles. The van der Waals surface area contributed by atoms with Gasteiger partial charge < -0.3 is 9.72 Å². The number of hydrogen-bond acceptors (Lipinski definition) is 5. The zero-order valence-corrected chi connectivity index (χ0v) is 16.2. The fraction of sp³-hybridized carbons (Fsp3) is 0.350. The fourth-order valence-electron chi connectivity index (χ4n) is 3.99. The summed E-state index contributed by atoms with van der Waals surface area (Å²) in [4.78, 5) is 33.3. The van der Waals surface area contributed by atoms with Crippen LogP contribution in [0.1, 0.15) is 42.2 Å². The van der Waals surface area contributed by atoms with E-state index in [9.17, 15) is 9.59 Å². The van der Waals surface area contributed by atoms with Crippen LogP contribution in [0.5, 0.6) is 0 Å². The summed E-state index contributed by atoms with van der Waals surface area (Å²) in [5, 5.41) is 4.37. The smallest absolute Gasteiger partial charge is 0.271 e. The first-order valence-corrected chi connectivity index (χ1v) is 10.3. The van der Waals surface area contributed by atoms with E-state index in [-0.39, 0.29) is 22.4 Å². The number of benzene rings is 1. The molecule has 1 aromatic carbocycles. The number of hydrogen-bond donors (Lipinski definition) is 2. The van der Waals surface area contributed by atoms with Gasteiger partial charge in [0.25, 0.3) is 11.1 Å². The van der Waals surface area contributed by atoms with E-state index >= 15 is 0 Å². The Morgan fingerprint density at radius 2 is 1.96 bits per heavy atom. The van der Waals surface area contributed by atoms with Crippen molar-refractivity contribution in [2.24, 2.45) is 4.99 Å². The van der Waals surface area contributed by atoms with Gasteiger partial charge in [0.05, 0.1) is 21.9 Å². The Labute approximate surface area is 164 Å². The number of aromatic nitrogens is 3. The molecule has 0 saturated carbocycles. The van der Waals surface area contributed by atoms with E-state index in [4.69, 9.17) is 4.74 Å². The van der Waals surface area contributed by atoms with Gasteiger partial charge in [-0.1, -0.05) is 30.0 Å². The van der Waals surface area contributed by atoms with Gasteiger partial charge in [-0.15, -0.1) is 0 Å². The van der Waals surface area contributed by atoms with Crippen molar-refractivity contribution in [2.45, 2.75) is 31.1 Å². The first kappa shape index (κ1) is 17.5. The molecule has 2 N–H and O–H groups in total. The van der Waals surface area contributed by atoms with Crippen molar-refractivity contribution in [3.63, 3.8) is 0 Å². The van der Waals surface area contributed by atoms with Crippen molar-refractivity contribution < 1.29 is 4.74 Å². The fourth-order valence-corrected chi connectivity index (χ4v) is 5.11. The van der Waals surface area contributed by atoms with Crippen LogP contribution in [0.15, 0.2) is 44.9 Å². The number of ether oxygens (including phenoxy) is 1. The van der Waals surface area contributed by atoms with Crippen molar-refractivity contribution in [3.05, 3.63) is 62.2 Å². The molecule has 2 aromatic heterocycles. The van der Waals surface area contributed by atoms with Crippen molar-refractivity contribution in [2.75, 3.05) is 13.2 Å². The highest BCUT2D eigenvalue weighted by atomic mass is 32.2. The molecule has 0 amide bonds. The molecule has 2 aliphatic heterocycles. The number of rotatable bonds is 2. The lowest BCUT2D eigenvalue weighted by molar-refractivity contribution is 0.0666. The lowest BCUT2D eigenvalue weighted by Gasteiger charge is -2.26. The molecular weight excluding hydrogens is 376 g/mol. The highest BCUT2D eigenvalue weighted by Gasteiger charge is 2.33. The van der Waals surface area contributed by atoms with Crippen LogP contribution in [0.2, 0.25) is 0 Å². The minimum absolute atomic E-state index is 0.153. The number of thioether (sulfide) groups is 1. The third kappa shape index (κ3) is 2.84. The Bertz CT molecular complexity index is 1200. The molecule has 0 bridgehead atoms. The third-order valence-corrected chi connectivity index (χ3v) is 6.53. The predicted octanol–water partition coefficient (Wildman–Crippen LogP) is 3.26. The van der Waals surface area contributed by atoms with Crippen LogP contribution in [0.4, 0.5) is 5.82 Å². The maximum atomic E-state index is 12.9. The van der Waals surface area contributed by atoms with Crippen LogP contribution in [-0.4, -0.2) is 33.0 Å². The highest BCUT2D eigenvalue weighted by molar-refractivity contribution is 8.14. The van der Waals surface area contributed by atoms with Crippen LogP contribution < -0.4 is 11.1 Å². The van der Waals surface area contributed by atoms with Crippen molar-refractivity contribution in [1.29, 1.82) is 0 Å². The van der Waals surface area contributed by atoms with Crippen LogP contribution in [0.3, 0.4) is 0 Å². The number of pyridine rings is 1. The van der Waals surface area contributed by atoms with Crippen molar-refractivity contribution in [1.82, 2.24) is 14.8 Å². The first-order chi connectivity index (χ1) is 13.6. The molecule has 0 radical (unpaired) electrons. The van der Waals surface area contributed by atoms with E-state index in [1.165, 1.54) is 11.8 Å². The van der Waals surface area contributed by atoms with Crippen molar-refractivity contribution >= 4 is 33.5 Å². The minimum Gasteiger partial charge on any atom is -0.381 e. The van der Waals surface area contributed by atoms with Crippen LogP contribution >= 0.6 is 11.8 Å². The predicted molar refractivity (Wildman–Crippen MR) is 111 cm³/mol. The number of aliphatic imine (C=N–C) groups is 1. The van der Waals surface area contributed by atoms with E-state index in [0.29, 0.717) is 30.2 Å². The Balaban J connectivity index is 1.67. The summed E-state index contributed by atoms with van der Waals surface area (Å²) in [5.74, 6) is 0.644. The molecule has 3 aromatic rings. The SMILES string of the molecule is CC1=Nc2c(c(=O)[nH]n2C2CCOCC2)[C@H](c2cc3ccccc3[nH]c2=O)S1. The Morgan fingerprint density at radius 1 is 1.18 bits per heavy atom. The summed E-state index contributed by atoms with van der Waals surface area (Å²) >= 11 is 1.45. The molecular formula is C20H20N4O3S. The molecule has 0 spiro atoms. The number of nitrogens with one attached hydrogen (secondary N) is 2. The highest BCUT2D eigenvalue weighted by Crippen LogP contribution is 2.44. The maximum absolute atomic E-state index is 12.9. The van der Waals surface area contributed by atoms with Gasteiger partial charge in [-0.2, -0.15) is 0 Å². The van der Waals surface area contributed by atoms with E-state index in [1.807, 2.05) is 41.9 Å². The lowest BCUT2D eigenvalue weighted by Crippen LogP contribution is -2.21. The van der Waals surface area contributed by atoms with Crippen LogP contribution in [0, 0.1) is 0 Å². The molecule has 7 nitrogen and oxygen atoms in total. The summed E-state index contributed by atoms with van der Waals surface area (Å²) in [5.41, 5.74) is 1.58. The third-order valence-electron chi connectivity index (χ3n) is 5.37. The molecule has 1 atom stereocenters. The summed E-state index contributed by atoms with van der Waals surface area (Å²) in [6.07, 6.45) is 1.67. The molecule has 2 aliphatic rings. The second-order valence-corrected chi connectivity index (χ2v) is 8.46. The van der Waals surface area contributed by atoms with E-state index in [2.05, 4.69) is 15.1 Å². The standard InChI is InChI=1S/C20H20N4O3S/c1-11-21-18-16(20(26)23-24(18)13-6-8-27-9-7-13)17(28-11)14-10-12-4-2-3-5-15(12)22-19(14)25/h2-5,10,13,17H,6-9H2,1H3,(H,22,25)(H,23,26)/t17-/m0/s1. The number of aromatic amines is 2. The molecule has 5 rings (SSSR count). The maximum Gasteiger partial charge on any atom is 0.271 e. The van der Waals surface area contributed by atoms with Crippen molar-refractivity contribution in [3.8, 4) is 0 Å². The monoisotopic (exact) mass is 396 g/mol. The zero-order valence-electron chi connectivity index (χ0n) is 15.4. The number of H-pyrrole nitrogens is 2. The summed E-state index contributed by atoms with van der Waals surface area (Å²) in [6.45, 7) is 3.26. The van der Waals surface area contributed by atoms with Gasteiger partial charge in [0, 0.05) is 24.3 Å². The van der Waals surface area contributed by atoms with E-state index < -0.39 is 0 Å². The molecule has 1 fully saturated rings. The molecule has 0 aliphatic carbocycles. The zero-order chi connectivity index (χ0) is 19.3. The molecule has 0 unspecified atom stereocenters. The first-order valence-electron chi connectivity index (χ1n) is 9.38. The van der Waals surface area contributed by atoms with Gasteiger partial charge in [-0.25, -0.2) is 4.99 Å². The average Bonchev–Trinajstić information content (AvgIpc) is 3.04. The van der Waals surface area contributed by atoms with Gasteiger partial charge in [-0.05, 0) is 37.3 Å². The number of fused-ring (bicyclic) bond motifs is 2. The van der Waals surface area contributed by atoms with E-state index in [0.717, 1.165) is 28.8 Å². The topological polar surface area (TPSA) is 92.2 Å². The number of para-hydroxylation sites is 1. The Kier molecular flexibility index (Phi) is 4.25. The van der Waals surface area contributed by atoms with Gasteiger partial charge in [0.2, 0.25) is 0 Å². The second kappa shape index (κ2) is 6.79. The van der Waals surface area contributed by atoms with Gasteiger partial charge in [0.1, 0.15) is 0 Å². The van der Waals surface area contributed by atoms with Gasteiger partial charge >= 0.3 is 0 Å². The minimum atomic E-state index is -0.384. The Hall–Kier alpha value is -2.58. The summed E-state index contributed by atoms with van der Waals surface area (Å²) in [7, 11) is 0. The van der Waals surface area contributed by atoms with Crippen LogP contribution in [-0.2, 0) is 4.74 Å². The molecule has 28 heavy (non-hydrogen) atoms. The summed E-state index contributed by atoms with van der Waals surface area (Å²) in [6, 6.07) is 9.70. The Morgan fingerprint density at radius 3 is 2.79 bits per heavy atom. The number of nitrogens with zero attached hydrogens (tertiary/aromatic N) is 2. The quantitative estimate of drug-likeness (QED) is 0.695. The second-order valence-electron chi connectivity index (χ2n) is 7.16. The average molecular weight is 396 g/mol. The molecule has 1 saturated heterocycles. The summed E-state index contributed by atoms with van der Waals surface area (Å²) < 4.78 is 7.33. The van der Waals surface area contributed by atoms with E-state index in [1.54, 1.807) is 0 Å². The lowest BCUT2D eigenvalue weighted by atomic mass is 10.0.